The Hall–Kier alpha value is -2.00. The van der Waals surface area contributed by atoms with Crippen molar-refractivity contribution in [2.45, 2.75) is 168 Å². The zero-order valence-electron chi connectivity index (χ0n) is 33.2. The first-order chi connectivity index (χ1) is 25.1. The predicted molar refractivity (Wildman–Crippen MR) is 213 cm³/mol. The average Bonchev–Trinajstić information content (AvgIpc) is 3.18. The Morgan fingerprint density at radius 3 is 1.04 bits per heavy atom. The molecular weight excluding hydrogens is 625 g/mol. The Kier molecular flexibility index (Phi) is 15.1. The van der Waals surface area contributed by atoms with Crippen LogP contribution in [0, 0.1) is 47.3 Å². The highest BCUT2D eigenvalue weighted by molar-refractivity contribution is 5.31. The second kappa shape index (κ2) is 19.9. The molecule has 3 nitrogen and oxygen atoms in total. The Morgan fingerprint density at radius 1 is 0.431 bits per heavy atom. The summed E-state index contributed by atoms with van der Waals surface area (Å²) in [5, 5.41) is 0. The van der Waals surface area contributed by atoms with E-state index >= 15 is 0 Å². The van der Waals surface area contributed by atoms with Crippen LogP contribution in [0.25, 0.3) is 0 Å². The lowest BCUT2D eigenvalue weighted by atomic mass is 9.67. The van der Waals surface area contributed by atoms with Crippen LogP contribution in [0.3, 0.4) is 0 Å². The van der Waals surface area contributed by atoms with Crippen molar-refractivity contribution in [1.29, 1.82) is 0 Å². The molecule has 284 valence electrons. The molecule has 0 spiro atoms. The summed E-state index contributed by atoms with van der Waals surface area (Å²) in [6.07, 6.45) is 28.3. The number of benzene rings is 2. The minimum absolute atomic E-state index is 0.116. The van der Waals surface area contributed by atoms with Gasteiger partial charge in [0, 0.05) is 0 Å². The summed E-state index contributed by atoms with van der Waals surface area (Å²) in [6.45, 7) is 10.3. The van der Waals surface area contributed by atoms with E-state index in [1.165, 1.54) is 140 Å². The van der Waals surface area contributed by atoms with E-state index in [1.807, 2.05) is 0 Å². The van der Waals surface area contributed by atoms with Crippen LogP contribution in [0.4, 0.5) is 0 Å². The van der Waals surface area contributed by atoms with E-state index in [0.717, 1.165) is 47.0 Å². The Balaban J connectivity index is 1.17. The van der Waals surface area contributed by atoms with Crippen LogP contribution in [0.1, 0.15) is 179 Å². The molecule has 0 heterocycles. The SMILES string of the molecule is CCC[C@H]1CC[C@H]([C@H]2CC[C@H](C(OC(c3ccc(OCC)cc3)[C@H]3CC[C@H]([C@H]4CC[C@H](CCC)CC4)CC3)c3ccc(OCC)cc3)CC2)CC1. The number of ether oxygens (including phenoxy) is 3. The fourth-order valence-electron chi connectivity index (χ4n) is 11.5. The molecule has 0 radical (unpaired) electrons. The third-order valence-corrected chi connectivity index (χ3v) is 14.3. The maximum atomic E-state index is 7.66. The molecule has 0 saturated heterocycles. The maximum Gasteiger partial charge on any atom is 0.119 e. The molecule has 6 rings (SSSR count). The molecule has 4 fully saturated rings. The van der Waals surface area contributed by atoms with Crippen LogP contribution in [0.2, 0.25) is 0 Å². The predicted octanol–water partition coefficient (Wildman–Crippen LogP) is 14.1. The smallest absolute Gasteiger partial charge is 0.119 e. The van der Waals surface area contributed by atoms with E-state index in [1.54, 1.807) is 0 Å². The third kappa shape index (κ3) is 10.6. The van der Waals surface area contributed by atoms with Gasteiger partial charge in [0.2, 0.25) is 0 Å². The molecule has 2 atom stereocenters. The lowest BCUT2D eigenvalue weighted by molar-refractivity contribution is -0.0935. The Bertz CT molecular complexity index is 1120. The molecule has 4 aliphatic rings. The van der Waals surface area contributed by atoms with Crippen molar-refractivity contribution in [3.05, 3.63) is 59.7 Å². The van der Waals surface area contributed by atoms with Gasteiger partial charge in [-0.3, -0.25) is 0 Å². The minimum atomic E-state index is 0.116. The minimum Gasteiger partial charge on any atom is -0.494 e. The summed E-state index contributed by atoms with van der Waals surface area (Å²) in [5.74, 6) is 8.80. The van der Waals surface area contributed by atoms with E-state index in [4.69, 9.17) is 14.2 Å². The van der Waals surface area contributed by atoms with Crippen LogP contribution in [0.15, 0.2) is 48.5 Å². The molecule has 51 heavy (non-hydrogen) atoms. The topological polar surface area (TPSA) is 27.7 Å². The van der Waals surface area contributed by atoms with Crippen LogP contribution in [0.5, 0.6) is 11.5 Å². The summed E-state index contributed by atoms with van der Waals surface area (Å²) in [5.41, 5.74) is 2.69. The zero-order valence-corrected chi connectivity index (χ0v) is 33.2. The first-order valence-corrected chi connectivity index (χ1v) is 22.2. The van der Waals surface area contributed by atoms with Gasteiger partial charge in [-0.1, -0.05) is 89.5 Å². The Morgan fingerprint density at radius 2 is 0.745 bits per heavy atom. The van der Waals surface area contributed by atoms with E-state index in [9.17, 15) is 0 Å². The largest absolute Gasteiger partial charge is 0.494 e. The van der Waals surface area contributed by atoms with Gasteiger partial charge in [-0.15, -0.1) is 0 Å². The normalized spacial score (nSPS) is 31.5. The van der Waals surface area contributed by atoms with Crippen molar-refractivity contribution in [3.63, 3.8) is 0 Å². The average molecular weight is 699 g/mol. The summed E-state index contributed by atoms with van der Waals surface area (Å²) >= 11 is 0. The second-order valence-corrected chi connectivity index (χ2v) is 17.5. The van der Waals surface area contributed by atoms with Crippen molar-refractivity contribution in [3.8, 4) is 11.5 Å². The van der Waals surface area contributed by atoms with Crippen LogP contribution >= 0.6 is 0 Å². The van der Waals surface area contributed by atoms with Crippen molar-refractivity contribution in [1.82, 2.24) is 0 Å². The molecule has 0 bridgehead atoms. The first-order valence-electron chi connectivity index (χ1n) is 22.2. The van der Waals surface area contributed by atoms with E-state index in [-0.39, 0.29) is 12.2 Å². The number of hydrogen-bond donors (Lipinski definition) is 0. The second-order valence-electron chi connectivity index (χ2n) is 17.5. The van der Waals surface area contributed by atoms with Gasteiger partial charge in [0.25, 0.3) is 0 Å². The monoisotopic (exact) mass is 699 g/mol. The summed E-state index contributed by atoms with van der Waals surface area (Å²) < 4.78 is 19.4. The highest BCUT2D eigenvalue weighted by Crippen LogP contribution is 2.50. The van der Waals surface area contributed by atoms with Gasteiger partial charge >= 0.3 is 0 Å². The van der Waals surface area contributed by atoms with Gasteiger partial charge in [-0.05, 0) is 174 Å². The molecular formula is C48H74O3. The molecule has 2 aromatic carbocycles. The Labute approximate surface area is 313 Å². The van der Waals surface area contributed by atoms with E-state index in [2.05, 4.69) is 76.2 Å². The lowest BCUT2D eigenvalue weighted by Crippen LogP contribution is -2.31. The van der Waals surface area contributed by atoms with Gasteiger partial charge in [-0.25, -0.2) is 0 Å². The van der Waals surface area contributed by atoms with Crippen molar-refractivity contribution < 1.29 is 14.2 Å². The van der Waals surface area contributed by atoms with Gasteiger partial charge in [0.1, 0.15) is 11.5 Å². The van der Waals surface area contributed by atoms with E-state index in [0.29, 0.717) is 25.0 Å². The molecule has 0 N–H and O–H groups in total. The molecule has 4 saturated carbocycles. The van der Waals surface area contributed by atoms with Crippen LogP contribution < -0.4 is 9.47 Å². The molecule has 0 aromatic heterocycles. The van der Waals surface area contributed by atoms with E-state index < -0.39 is 0 Å². The first kappa shape index (κ1) is 38.7. The lowest BCUT2D eigenvalue weighted by Gasteiger charge is -2.43. The molecule has 4 aliphatic carbocycles. The summed E-state index contributed by atoms with van der Waals surface area (Å²) in [6, 6.07) is 18.0. The van der Waals surface area contributed by atoms with Crippen LogP contribution in [-0.2, 0) is 4.74 Å². The molecule has 2 unspecified atom stereocenters. The highest BCUT2D eigenvalue weighted by atomic mass is 16.5. The van der Waals surface area contributed by atoms with Crippen molar-refractivity contribution >= 4 is 0 Å². The van der Waals surface area contributed by atoms with Gasteiger partial charge in [0.05, 0.1) is 25.4 Å². The third-order valence-electron chi connectivity index (χ3n) is 14.3. The van der Waals surface area contributed by atoms with Crippen molar-refractivity contribution in [2.24, 2.45) is 47.3 Å². The summed E-state index contributed by atoms with van der Waals surface area (Å²) in [7, 11) is 0. The fourth-order valence-corrected chi connectivity index (χ4v) is 11.5. The van der Waals surface area contributed by atoms with Gasteiger partial charge in [-0.2, -0.15) is 0 Å². The van der Waals surface area contributed by atoms with Crippen LogP contribution in [-0.4, -0.2) is 13.2 Å². The fraction of sp³-hybridized carbons (Fsp3) is 0.750. The maximum absolute atomic E-state index is 7.66. The van der Waals surface area contributed by atoms with Gasteiger partial charge in [0.15, 0.2) is 0 Å². The van der Waals surface area contributed by atoms with Crippen molar-refractivity contribution in [2.75, 3.05) is 13.2 Å². The summed E-state index contributed by atoms with van der Waals surface area (Å²) in [4.78, 5) is 0. The highest BCUT2D eigenvalue weighted by Gasteiger charge is 2.39. The number of rotatable bonds is 16. The zero-order chi connectivity index (χ0) is 35.4. The molecule has 2 aromatic rings. The molecule has 0 aliphatic heterocycles. The quantitative estimate of drug-likeness (QED) is 0.175. The van der Waals surface area contributed by atoms with Gasteiger partial charge < -0.3 is 14.2 Å². The standard InChI is InChI=1S/C48H74O3/c1-5-9-35-11-15-37(16-12-35)39-19-23-41(24-20-39)47(43-27-31-45(32-28-43)49-7-3)51-48(44-29-33-46(34-30-44)50-8-4)42-25-21-40(22-26-42)38-17-13-36(10-6-2)14-18-38/h27-42,47-48H,5-26H2,1-4H3/t35-,36-,37-,38-,39-,40-,41-,42-,47?,48?. The molecule has 0 amide bonds. The molecule has 3 heteroatoms. The number of hydrogen-bond acceptors (Lipinski definition) is 3.